The molecule has 4 heteroatoms. The molecule has 1 aliphatic heterocycles. The van der Waals surface area contributed by atoms with E-state index in [1.54, 1.807) is 0 Å². The lowest BCUT2D eigenvalue weighted by Gasteiger charge is -2.32. The first kappa shape index (κ1) is 25.4. The summed E-state index contributed by atoms with van der Waals surface area (Å²) in [6, 6.07) is 45.5. The molecule has 40 heavy (non-hydrogen) atoms. The molecular formula is C36H32N2O2. The average Bonchev–Trinajstić information content (AvgIpc) is 3.31. The monoisotopic (exact) mass is 524 g/mol. The highest BCUT2D eigenvalue weighted by Gasteiger charge is 2.48. The van der Waals surface area contributed by atoms with Crippen LogP contribution in [0.25, 0.3) is 0 Å². The third-order valence-corrected chi connectivity index (χ3v) is 7.63. The van der Waals surface area contributed by atoms with Crippen molar-refractivity contribution in [2.45, 2.75) is 18.7 Å². The second kappa shape index (κ2) is 10.7. The summed E-state index contributed by atoms with van der Waals surface area (Å²) in [5.74, 6) is -0.300. The molecule has 1 unspecified atom stereocenters. The summed E-state index contributed by atoms with van der Waals surface area (Å²) in [6.07, 6.45) is 0. The van der Waals surface area contributed by atoms with Crippen LogP contribution >= 0.6 is 0 Å². The summed E-state index contributed by atoms with van der Waals surface area (Å²) >= 11 is 0. The number of anilines is 2. The first-order valence-electron chi connectivity index (χ1n) is 13.6. The molecule has 6 rings (SSSR count). The summed E-state index contributed by atoms with van der Waals surface area (Å²) in [4.78, 5) is 17.6. The number of fused-ring (bicyclic) bond motifs is 1. The van der Waals surface area contributed by atoms with Gasteiger partial charge in [0.25, 0.3) is 0 Å². The zero-order valence-corrected chi connectivity index (χ0v) is 22.8. The van der Waals surface area contributed by atoms with E-state index in [1.165, 1.54) is 11.1 Å². The van der Waals surface area contributed by atoms with Gasteiger partial charge in [-0.2, -0.15) is 0 Å². The van der Waals surface area contributed by atoms with Crippen molar-refractivity contribution in [2.75, 3.05) is 23.9 Å². The molecule has 0 fully saturated rings. The molecule has 198 valence electrons. The van der Waals surface area contributed by atoms with Crippen LogP contribution in [-0.2, 0) is 23.4 Å². The summed E-state index contributed by atoms with van der Waals surface area (Å²) in [5.41, 5.74) is 7.00. The molecule has 1 aliphatic rings. The van der Waals surface area contributed by atoms with Gasteiger partial charge in [0.2, 0.25) is 0 Å². The zero-order valence-electron chi connectivity index (χ0n) is 22.8. The van der Waals surface area contributed by atoms with Crippen LogP contribution in [0.1, 0.15) is 38.2 Å². The number of rotatable bonds is 8. The van der Waals surface area contributed by atoms with Gasteiger partial charge >= 0.3 is 5.97 Å². The molecular weight excluding hydrogens is 492 g/mol. The Morgan fingerprint density at radius 2 is 1.05 bits per heavy atom. The molecule has 0 N–H and O–H groups in total. The fourth-order valence-corrected chi connectivity index (χ4v) is 5.56. The van der Waals surface area contributed by atoms with Crippen molar-refractivity contribution in [1.82, 2.24) is 0 Å². The maximum atomic E-state index is 13.1. The van der Waals surface area contributed by atoms with Gasteiger partial charge in [0.05, 0.1) is 5.56 Å². The minimum Gasteiger partial charge on any atom is -0.441 e. The molecule has 0 amide bonds. The van der Waals surface area contributed by atoms with Crippen molar-refractivity contribution in [3.05, 3.63) is 167 Å². The minimum absolute atomic E-state index is 0.300. The fraction of sp³-hybridized carbons (Fsp3) is 0.139. The standard InChI is InChI=1S/C36H32N2O2/c1-37(2)31-21-17-29(18-22-31)36(34-16-10-9-15-33(34)35(39)40-36)30-19-23-32(24-20-30)38(25-27-11-5-3-6-12-27)26-28-13-7-4-8-14-28/h3-24H,25-26H2,1-2H3. The molecule has 0 spiro atoms. The number of cyclic esters (lactones) is 1. The number of ether oxygens (including phenoxy) is 1. The first-order chi connectivity index (χ1) is 19.5. The number of carbonyl (C=O) groups is 1. The Bertz CT molecular complexity index is 1560. The van der Waals surface area contributed by atoms with E-state index in [2.05, 4.69) is 107 Å². The highest BCUT2D eigenvalue weighted by Crippen LogP contribution is 2.47. The van der Waals surface area contributed by atoms with Gasteiger partial charge in [-0.15, -0.1) is 0 Å². The SMILES string of the molecule is CN(C)c1ccc(C2(c3ccc(N(Cc4ccccc4)Cc4ccccc4)cc3)OC(=O)c3ccccc32)cc1. The number of benzene rings is 5. The Morgan fingerprint density at radius 1 is 0.575 bits per heavy atom. The molecule has 5 aromatic rings. The Hall–Kier alpha value is -4.83. The van der Waals surface area contributed by atoms with Gasteiger partial charge in [0.15, 0.2) is 5.60 Å². The lowest BCUT2D eigenvalue weighted by atomic mass is 9.80. The number of carbonyl (C=O) groups excluding carboxylic acids is 1. The topological polar surface area (TPSA) is 32.8 Å². The van der Waals surface area contributed by atoms with Gasteiger partial charge in [-0.05, 0) is 41.5 Å². The second-order valence-electron chi connectivity index (χ2n) is 10.4. The Morgan fingerprint density at radius 3 is 1.57 bits per heavy atom. The Kier molecular flexibility index (Phi) is 6.83. The van der Waals surface area contributed by atoms with Crippen molar-refractivity contribution in [1.29, 1.82) is 0 Å². The lowest BCUT2D eigenvalue weighted by molar-refractivity contribution is 0.0251. The molecule has 0 aromatic heterocycles. The molecule has 5 aromatic carbocycles. The fourth-order valence-electron chi connectivity index (χ4n) is 5.56. The van der Waals surface area contributed by atoms with Crippen LogP contribution in [0, 0.1) is 0 Å². The van der Waals surface area contributed by atoms with Crippen molar-refractivity contribution in [2.24, 2.45) is 0 Å². The van der Waals surface area contributed by atoms with E-state index >= 15 is 0 Å². The summed E-state index contributed by atoms with van der Waals surface area (Å²) in [6.45, 7) is 1.56. The van der Waals surface area contributed by atoms with Gasteiger partial charge in [-0.25, -0.2) is 4.79 Å². The van der Waals surface area contributed by atoms with Crippen LogP contribution in [0.4, 0.5) is 11.4 Å². The molecule has 1 atom stereocenters. The van der Waals surface area contributed by atoms with Crippen LogP contribution in [0.3, 0.4) is 0 Å². The molecule has 0 saturated carbocycles. The molecule has 1 heterocycles. The summed E-state index contributed by atoms with van der Waals surface area (Å²) in [7, 11) is 4.04. The van der Waals surface area contributed by atoms with E-state index in [9.17, 15) is 4.79 Å². The van der Waals surface area contributed by atoms with Crippen molar-refractivity contribution in [3.63, 3.8) is 0 Å². The molecule has 0 radical (unpaired) electrons. The van der Waals surface area contributed by atoms with Gasteiger partial charge in [0, 0.05) is 55.2 Å². The number of esters is 1. The second-order valence-corrected chi connectivity index (χ2v) is 10.4. The smallest absolute Gasteiger partial charge is 0.340 e. The molecule has 0 aliphatic carbocycles. The third-order valence-electron chi connectivity index (χ3n) is 7.63. The molecule has 0 bridgehead atoms. The normalized spacial score (nSPS) is 15.8. The van der Waals surface area contributed by atoms with E-state index < -0.39 is 5.60 Å². The highest BCUT2D eigenvalue weighted by atomic mass is 16.6. The Balaban J connectivity index is 1.42. The van der Waals surface area contributed by atoms with Crippen LogP contribution in [0.2, 0.25) is 0 Å². The number of nitrogens with zero attached hydrogens (tertiary/aromatic N) is 2. The van der Waals surface area contributed by atoms with Crippen molar-refractivity contribution >= 4 is 17.3 Å². The first-order valence-corrected chi connectivity index (χ1v) is 13.6. The summed E-state index contributed by atoms with van der Waals surface area (Å²) in [5, 5.41) is 0. The third kappa shape index (κ3) is 4.73. The van der Waals surface area contributed by atoms with E-state index in [4.69, 9.17) is 4.74 Å². The molecule has 0 saturated heterocycles. The van der Waals surface area contributed by atoms with Gasteiger partial charge in [-0.3, -0.25) is 0 Å². The van der Waals surface area contributed by atoms with Crippen LogP contribution < -0.4 is 9.80 Å². The van der Waals surface area contributed by atoms with E-state index in [1.807, 2.05) is 50.5 Å². The van der Waals surface area contributed by atoms with Gasteiger partial charge in [-0.1, -0.05) is 103 Å². The van der Waals surface area contributed by atoms with Crippen molar-refractivity contribution in [3.8, 4) is 0 Å². The van der Waals surface area contributed by atoms with Crippen LogP contribution in [0.15, 0.2) is 133 Å². The van der Waals surface area contributed by atoms with E-state index in [0.29, 0.717) is 5.56 Å². The van der Waals surface area contributed by atoms with Crippen molar-refractivity contribution < 1.29 is 9.53 Å². The van der Waals surface area contributed by atoms with Gasteiger partial charge in [0.1, 0.15) is 0 Å². The average molecular weight is 525 g/mol. The summed E-state index contributed by atoms with van der Waals surface area (Å²) < 4.78 is 6.32. The minimum atomic E-state index is -1.01. The predicted molar refractivity (Wildman–Crippen MR) is 162 cm³/mol. The predicted octanol–water partition coefficient (Wildman–Crippen LogP) is 7.42. The number of hydrogen-bond acceptors (Lipinski definition) is 4. The van der Waals surface area contributed by atoms with Gasteiger partial charge < -0.3 is 14.5 Å². The maximum Gasteiger partial charge on any atom is 0.340 e. The lowest BCUT2D eigenvalue weighted by Crippen LogP contribution is -2.30. The Labute approximate surface area is 236 Å². The van der Waals surface area contributed by atoms with Crippen LogP contribution in [0.5, 0.6) is 0 Å². The largest absolute Gasteiger partial charge is 0.441 e. The number of hydrogen-bond donors (Lipinski definition) is 0. The quantitative estimate of drug-likeness (QED) is 0.198. The maximum absolute atomic E-state index is 13.1. The molecule has 4 nitrogen and oxygen atoms in total. The van der Waals surface area contributed by atoms with E-state index in [0.717, 1.165) is 41.2 Å². The zero-order chi connectivity index (χ0) is 27.5. The van der Waals surface area contributed by atoms with Crippen LogP contribution in [-0.4, -0.2) is 20.1 Å². The highest BCUT2D eigenvalue weighted by molar-refractivity contribution is 5.96. The van der Waals surface area contributed by atoms with E-state index in [-0.39, 0.29) is 5.97 Å².